The highest BCUT2D eigenvalue weighted by Gasteiger charge is 2.55. The van der Waals surface area contributed by atoms with Gasteiger partial charge in [0.1, 0.15) is 35.2 Å². The van der Waals surface area contributed by atoms with Crippen molar-refractivity contribution in [1.82, 2.24) is 0 Å². The van der Waals surface area contributed by atoms with Gasteiger partial charge >= 0.3 is 11.9 Å². The monoisotopic (exact) mass is 494 g/mol. The predicted molar refractivity (Wildman–Crippen MR) is 131 cm³/mol. The Balaban J connectivity index is 1.58. The molecule has 2 aromatic carbocycles. The summed E-state index contributed by atoms with van der Waals surface area (Å²) in [5.41, 5.74) is 1.14. The lowest BCUT2D eigenvalue weighted by Gasteiger charge is -2.53. The standard InChI is InChI=1S/C28H30O8/c1-7-23(29)33-15-31-17-9-11-19-21(13-17)35-25-26(27(19,3)4)36-22-14-18(32-16-34-24(30)8-2)10-12-20(22)28(25,5)6/h7-14,25-26H,1-2,15-16H2,3-6H3. The fourth-order valence-corrected chi connectivity index (χ4v) is 4.63. The molecule has 2 unspecified atom stereocenters. The Morgan fingerprint density at radius 2 is 1.17 bits per heavy atom. The topological polar surface area (TPSA) is 89.5 Å². The molecule has 0 radical (unpaired) electrons. The van der Waals surface area contributed by atoms with Crippen LogP contribution in [0.2, 0.25) is 0 Å². The molecule has 0 saturated heterocycles. The molecule has 190 valence electrons. The molecule has 0 bridgehead atoms. The van der Waals surface area contributed by atoms with Crippen LogP contribution in [-0.2, 0) is 29.9 Å². The fourth-order valence-electron chi connectivity index (χ4n) is 4.63. The van der Waals surface area contributed by atoms with E-state index in [1.54, 1.807) is 0 Å². The van der Waals surface area contributed by atoms with Crippen molar-refractivity contribution < 1.29 is 38.0 Å². The van der Waals surface area contributed by atoms with Gasteiger partial charge < -0.3 is 28.4 Å². The zero-order valence-corrected chi connectivity index (χ0v) is 20.9. The molecule has 4 rings (SSSR count). The molecular weight excluding hydrogens is 464 g/mol. The summed E-state index contributed by atoms with van der Waals surface area (Å²) >= 11 is 0. The van der Waals surface area contributed by atoms with E-state index in [1.165, 1.54) is 0 Å². The Bertz CT molecular complexity index is 1100. The molecule has 0 aromatic heterocycles. The molecular formula is C28H30O8. The van der Waals surface area contributed by atoms with Gasteiger partial charge in [0, 0.05) is 46.2 Å². The normalized spacial score (nSPS) is 20.1. The summed E-state index contributed by atoms with van der Waals surface area (Å²) < 4.78 is 34.0. The lowest BCUT2D eigenvalue weighted by Crippen LogP contribution is -2.61. The van der Waals surface area contributed by atoms with E-state index in [0.717, 1.165) is 23.3 Å². The number of ether oxygens (including phenoxy) is 6. The molecule has 0 spiro atoms. The third-order valence-corrected chi connectivity index (χ3v) is 6.69. The van der Waals surface area contributed by atoms with Gasteiger partial charge in [-0.3, -0.25) is 0 Å². The minimum absolute atomic E-state index is 0.224. The molecule has 0 aliphatic carbocycles. The van der Waals surface area contributed by atoms with Crippen LogP contribution in [0.4, 0.5) is 0 Å². The minimum atomic E-state index is -0.556. The molecule has 0 saturated carbocycles. The second kappa shape index (κ2) is 9.60. The third kappa shape index (κ3) is 4.63. The molecule has 0 amide bonds. The maximum absolute atomic E-state index is 11.3. The average molecular weight is 495 g/mol. The van der Waals surface area contributed by atoms with E-state index in [-0.39, 0.29) is 25.8 Å². The van der Waals surface area contributed by atoms with Crippen molar-refractivity contribution in [2.75, 3.05) is 13.6 Å². The first-order chi connectivity index (χ1) is 17.1. The highest BCUT2D eigenvalue weighted by atomic mass is 16.7. The summed E-state index contributed by atoms with van der Waals surface area (Å²) in [6.45, 7) is 14.8. The number of rotatable bonds is 8. The third-order valence-electron chi connectivity index (χ3n) is 6.69. The van der Waals surface area contributed by atoms with Gasteiger partial charge in [-0.25, -0.2) is 9.59 Å². The number of carbonyl (C=O) groups is 2. The summed E-state index contributed by atoms with van der Waals surface area (Å²) in [4.78, 5) is 22.5. The zero-order valence-electron chi connectivity index (χ0n) is 20.9. The molecule has 0 N–H and O–H groups in total. The second-order valence-electron chi connectivity index (χ2n) is 9.70. The minimum Gasteiger partial charge on any atom is -0.485 e. The summed E-state index contributed by atoms with van der Waals surface area (Å²) in [5.74, 6) is 1.32. The van der Waals surface area contributed by atoms with Gasteiger partial charge in [-0.1, -0.05) is 53.0 Å². The molecule has 2 aliphatic heterocycles. The van der Waals surface area contributed by atoms with Crippen molar-refractivity contribution >= 4 is 11.9 Å². The van der Waals surface area contributed by atoms with Gasteiger partial charge in [-0.2, -0.15) is 0 Å². The Hall–Kier alpha value is -3.94. The first-order valence-corrected chi connectivity index (χ1v) is 11.5. The van der Waals surface area contributed by atoms with Gasteiger partial charge in [0.25, 0.3) is 0 Å². The number of carbonyl (C=O) groups excluding carboxylic acids is 2. The smallest absolute Gasteiger partial charge is 0.333 e. The Morgan fingerprint density at radius 1 is 0.778 bits per heavy atom. The molecule has 8 heteroatoms. The maximum atomic E-state index is 11.3. The Kier molecular flexibility index (Phi) is 6.71. The highest BCUT2D eigenvalue weighted by Crippen LogP contribution is 2.53. The molecule has 2 aromatic rings. The van der Waals surface area contributed by atoms with E-state index >= 15 is 0 Å². The van der Waals surface area contributed by atoms with Gasteiger partial charge in [0.05, 0.1) is 0 Å². The van der Waals surface area contributed by atoms with E-state index in [4.69, 9.17) is 28.4 Å². The van der Waals surface area contributed by atoms with Crippen LogP contribution in [0.25, 0.3) is 0 Å². The van der Waals surface area contributed by atoms with E-state index in [9.17, 15) is 9.59 Å². The van der Waals surface area contributed by atoms with Crippen molar-refractivity contribution in [2.24, 2.45) is 0 Å². The maximum Gasteiger partial charge on any atom is 0.333 e. The Labute approximate surface area is 210 Å². The van der Waals surface area contributed by atoms with E-state index in [2.05, 4.69) is 40.9 Å². The summed E-state index contributed by atoms with van der Waals surface area (Å²) in [5, 5.41) is 0. The van der Waals surface area contributed by atoms with Gasteiger partial charge in [0.15, 0.2) is 0 Å². The number of hydrogen-bond donors (Lipinski definition) is 0. The van der Waals surface area contributed by atoms with E-state index < -0.39 is 22.8 Å². The summed E-state index contributed by atoms with van der Waals surface area (Å²) in [6, 6.07) is 11.1. The van der Waals surface area contributed by atoms with Crippen molar-refractivity contribution in [3.05, 3.63) is 72.8 Å². The summed E-state index contributed by atoms with van der Waals surface area (Å²) in [7, 11) is 0. The molecule has 0 fully saturated rings. The fraction of sp³-hybridized carbons (Fsp3) is 0.357. The second-order valence-corrected chi connectivity index (χ2v) is 9.70. The highest BCUT2D eigenvalue weighted by molar-refractivity contribution is 5.81. The quantitative estimate of drug-likeness (QED) is 0.299. The largest absolute Gasteiger partial charge is 0.485 e. The number of hydrogen-bond acceptors (Lipinski definition) is 8. The SMILES string of the molecule is C=CC(=O)OCOc1ccc2c(c1)OC1C(Oc3cc(OCOC(=O)C=C)ccc3C1(C)C)C2(C)C. The average Bonchev–Trinajstić information content (AvgIpc) is 2.84. The van der Waals surface area contributed by atoms with Crippen molar-refractivity contribution in [1.29, 1.82) is 0 Å². The van der Waals surface area contributed by atoms with Crippen LogP contribution in [0.3, 0.4) is 0 Å². The van der Waals surface area contributed by atoms with Crippen LogP contribution in [0, 0.1) is 0 Å². The van der Waals surface area contributed by atoms with Gasteiger partial charge in [-0.15, -0.1) is 0 Å². The van der Waals surface area contributed by atoms with Crippen LogP contribution < -0.4 is 18.9 Å². The van der Waals surface area contributed by atoms with Crippen molar-refractivity contribution in [3.8, 4) is 23.0 Å². The van der Waals surface area contributed by atoms with Crippen LogP contribution in [0.1, 0.15) is 38.8 Å². The molecule has 2 heterocycles. The Morgan fingerprint density at radius 3 is 1.53 bits per heavy atom. The van der Waals surface area contributed by atoms with E-state index in [1.807, 2.05) is 36.4 Å². The first-order valence-electron chi connectivity index (χ1n) is 11.5. The lowest BCUT2D eigenvalue weighted by atomic mass is 9.65. The lowest BCUT2D eigenvalue weighted by molar-refractivity contribution is -0.145. The van der Waals surface area contributed by atoms with Gasteiger partial charge in [-0.05, 0) is 12.1 Å². The van der Waals surface area contributed by atoms with Crippen molar-refractivity contribution in [2.45, 2.75) is 50.7 Å². The zero-order chi connectivity index (χ0) is 26.1. The van der Waals surface area contributed by atoms with Crippen LogP contribution in [0.5, 0.6) is 23.0 Å². The van der Waals surface area contributed by atoms with Crippen LogP contribution in [0.15, 0.2) is 61.7 Å². The predicted octanol–water partition coefficient (Wildman–Crippen LogP) is 4.60. The molecule has 2 atom stereocenters. The molecule has 8 nitrogen and oxygen atoms in total. The van der Waals surface area contributed by atoms with Gasteiger partial charge in [0.2, 0.25) is 13.6 Å². The number of fused-ring (bicyclic) bond motifs is 3. The van der Waals surface area contributed by atoms with Crippen LogP contribution in [-0.4, -0.2) is 37.7 Å². The molecule has 2 aliphatic rings. The number of benzene rings is 2. The molecule has 36 heavy (non-hydrogen) atoms. The van der Waals surface area contributed by atoms with Crippen LogP contribution >= 0.6 is 0 Å². The number of esters is 2. The first kappa shape index (κ1) is 25.2. The summed E-state index contributed by atoms with van der Waals surface area (Å²) in [6.07, 6.45) is 1.58. The van der Waals surface area contributed by atoms with E-state index in [0.29, 0.717) is 23.0 Å². The van der Waals surface area contributed by atoms with Crippen molar-refractivity contribution in [3.63, 3.8) is 0 Å².